The SMILES string of the molecule is C=C(SCCC)c1ccc(OC)cc1. The Kier molecular flexibility index (Phi) is 4.60. The molecule has 1 aromatic rings. The van der Waals surface area contributed by atoms with Crippen molar-refractivity contribution in [1.29, 1.82) is 0 Å². The van der Waals surface area contributed by atoms with Crippen molar-refractivity contribution in [3.63, 3.8) is 0 Å². The summed E-state index contributed by atoms with van der Waals surface area (Å²) >= 11 is 1.81. The fraction of sp³-hybridized carbons (Fsp3) is 0.333. The molecule has 0 N–H and O–H groups in total. The molecule has 0 saturated carbocycles. The van der Waals surface area contributed by atoms with E-state index in [9.17, 15) is 0 Å². The third-order valence-corrected chi connectivity index (χ3v) is 3.09. The second-order valence-electron chi connectivity index (χ2n) is 3.00. The van der Waals surface area contributed by atoms with Gasteiger partial charge in [0.1, 0.15) is 5.75 Å². The molecule has 0 saturated heterocycles. The van der Waals surface area contributed by atoms with Crippen molar-refractivity contribution in [2.24, 2.45) is 0 Å². The summed E-state index contributed by atoms with van der Waals surface area (Å²) in [6.07, 6.45) is 1.18. The van der Waals surface area contributed by atoms with Gasteiger partial charge < -0.3 is 4.74 Å². The topological polar surface area (TPSA) is 9.23 Å². The first kappa shape index (κ1) is 11.2. The molecule has 0 bridgehead atoms. The Balaban J connectivity index is 2.62. The average Bonchev–Trinajstić information content (AvgIpc) is 2.26. The minimum atomic E-state index is 0.891. The maximum absolute atomic E-state index is 5.09. The van der Waals surface area contributed by atoms with Gasteiger partial charge in [0.2, 0.25) is 0 Å². The standard InChI is InChI=1S/C12H16OS/c1-4-9-14-10(2)11-5-7-12(13-3)8-6-11/h5-8H,2,4,9H2,1,3H3. The van der Waals surface area contributed by atoms with Gasteiger partial charge in [0.25, 0.3) is 0 Å². The highest BCUT2D eigenvalue weighted by Crippen LogP contribution is 2.27. The molecule has 2 heteroatoms. The lowest BCUT2D eigenvalue weighted by molar-refractivity contribution is 0.415. The summed E-state index contributed by atoms with van der Waals surface area (Å²) in [5, 5.41) is 0. The second-order valence-corrected chi connectivity index (χ2v) is 4.19. The number of ether oxygens (including phenoxy) is 1. The molecular weight excluding hydrogens is 192 g/mol. The van der Waals surface area contributed by atoms with Crippen LogP contribution in [0.25, 0.3) is 4.91 Å². The summed E-state index contributed by atoms with van der Waals surface area (Å²) < 4.78 is 5.09. The Morgan fingerprint density at radius 2 is 2.00 bits per heavy atom. The fourth-order valence-corrected chi connectivity index (χ4v) is 1.84. The number of rotatable bonds is 5. The minimum absolute atomic E-state index is 0.891. The van der Waals surface area contributed by atoms with Crippen LogP contribution in [0.5, 0.6) is 5.75 Å². The van der Waals surface area contributed by atoms with Crippen LogP contribution in [0, 0.1) is 0 Å². The quantitative estimate of drug-likeness (QED) is 0.727. The highest BCUT2D eigenvalue weighted by Gasteiger charge is 1.99. The highest BCUT2D eigenvalue weighted by atomic mass is 32.2. The first-order valence-electron chi connectivity index (χ1n) is 4.74. The van der Waals surface area contributed by atoms with Crippen molar-refractivity contribution in [3.8, 4) is 5.75 Å². The van der Waals surface area contributed by atoms with Gasteiger partial charge in [-0.15, -0.1) is 11.8 Å². The van der Waals surface area contributed by atoms with E-state index in [0.717, 1.165) is 16.4 Å². The molecule has 0 aliphatic rings. The molecule has 0 aliphatic heterocycles. The molecule has 1 nitrogen and oxygen atoms in total. The predicted molar refractivity (Wildman–Crippen MR) is 64.8 cm³/mol. The Morgan fingerprint density at radius 3 is 2.50 bits per heavy atom. The van der Waals surface area contributed by atoms with Gasteiger partial charge in [0.05, 0.1) is 7.11 Å². The van der Waals surface area contributed by atoms with E-state index >= 15 is 0 Å². The van der Waals surface area contributed by atoms with E-state index in [4.69, 9.17) is 4.74 Å². The van der Waals surface area contributed by atoms with E-state index < -0.39 is 0 Å². The molecule has 0 amide bonds. The summed E-state index contributed by atoms with van der Waals surface area (Å²) in [7, 11) is 1.68. The van der Waals surface area contributed by atoms with Crippen LogP contribution >= 0.6 is 11.8 Å². The summed E-state index contributed by atoms with van der Waals surface area (Å²) in [4.78, 5) is 1.13. The molecule has 0 spiro atoms. The van der Waals surface area contributed by atoms with E-state index in [1.807, 2.05) is 36.0 Å². The minimum Gasteiger partial charge on any atom is -0.497 e. The van der Waals surface area contributed by atoms with Crippen molar-refractivity contribution in [1.82, 2.24) is 0 Å². The smallest absolute Gasteiger partial charge is 0.118 e. The second kappa shape index (κ2) is 5.76. The molecular formula is C12H16OS. The first-order chi connectivity index (χ1) is 6.77. The highest BCUT2D eigenvalue weighted by molar-refractivity contribution is 8.08. The normalized spacial score (nSPS) is 9.86. The van der Waals surface area contributed by atoms with Gasteiger partial charge in [-0.1, -0.05) is 25.6 Å². The molecule has 0 fully saturated rings. The zero-order valence-electron chi connectivity index (χ0n) is 8.75. The Bertz CT molecular complexity index is 290. The molecule has 1 aromatic carbocycles. The van der Waals surface area contributed by atoms with E-state index in [1.165, 1.54) is 12.0 Å². The number of hydrogen-bond donors (Lipinski definition) is 0. The largest absolute Gasteiger partial charge is 0.497 e. The van der Waals surface area contributed by atoms with Gasteiger partial charge in [-0.3, -0.25) is 0 Å². The fourth-order valence-electron chi connectivity index (χ4n) is 1.09. The average molecular weight is 208 g/mol. The summed E-state index contributed by atoms with van der Waals surface area (Å²) in [5.41, 5.74) is 1.18. The van der Waals surface area contributed by atoms with Crippen molar-refractivity contribution in [3.05, 3.63) is 36.4 Å². The molecule has 76 valence electrons. The summed E-state index contributed by atoms with van der Waals surface area (Å²) in [6, 6.07) is 8.02. The molecule has 0 unspecified atom stereocenters. The molecule has 0 heterocycles. The van der Waals surface area contributed by atoms with Gasteiger partial charge >= 0.3 is 0 Å². The molecule has 0 aliphatic carbocycles. The third kappa shape index (κ3) is 3.11. The lowest BCUT2D eigenvalue weighted by Crippen LogP contribution is -1.84. The molecule has 14 heavy (non-hydrogen) atoms. The lowest BCUT2D eigenvalue weighted by atomic mass is 10.2. The van der Waals surface area contributed by atoms with E-state index in [-0.39, 0.29) is 0 Å². The van der Waals surface area contributed by atoms with Crippen molar-refractivity contribution >= 4 is 16.7 Å². The van der Waals surface area contributed by atoms with Crippen LogP contribution in [0.15, 0.2) is 30.8 Å². The van der Waals surface area contributed by atoms with Gasteiger partial charge in [0.15, 0.2) is 0 Å². The number of methoxy groups -OCH3 is 1. The van der Waals surface area contributed by atoms with Crippen molar-refractivity contribution in [2.75, 3.05) is 12.9 Å². The van der Waals surface area contributed by atoms with Crippen LogP contribution in [-0.2, 0) is 0 Å². The first-order valence-corrected chi connectivity index (χ1v) is 5.72. The lowest BCUT2D eigenvalue weighted by Gasteiger charge is -2.05. The van der Waals surface area contributed by atoms with Crippen molar-refractivity contribution < 1.29 is 4.74 Å². The van der Waals surface area contributed by atoms with E-state index in [2.05, 4.69) is 13.5 Å². The van der Waals surface area contributed by atoms with Crippen LogP contribution in [0.2, 0.25) is 0 Å². The maximum Gasteiger partial charge on any atom is 0.118 e. The summed E-state index contributed by atoms with van der Waals surface area (Å²) in [6.45, 7) is 6.21. The Labute approximate surface area is 90.2 Å². The van der Waals surface area contributed by atoms with Crippen LogP contribution in [0.3, 0.4) is 0 Å². The zero-order chi connectivity index (χ0) is 10.4. The maximum atomic E-state index is 5.09. The monoisotopic (exact) mass is 208 g/mol. The van der Waals surface area contributed by atoms with E-state index in [1.54, 1.807) is 7.11 Å². The van der Waals surface area contributed by atoms with Crippen LogP contribution in [0.4, 0.5) is 0 Å². The predicted octanol–water partition coefficient (Wildman–Crippen LogP) is 3.81. The molecule has 0 radical (unpaired) electrons. The number of hydrogen-bond acceptors (Lipinski definition) is 2. The van der Waals surface area contributed by atoms with Crippen LogP contribution in [-0.4, -0.2) is 12.9 Å². The molecule has 1 rings (SSSR count). The van der Waals surface area contributed by atoms with Crippen molar-refractivity contribution in [2.45, 2.75) is 13.3 Å². The Morgan fingerprint density at radius 1 is 1.36 bits per heavy atom. The summed E-state index contributed by atoms with van der Waals surface area (Å²) in [5.74, 6) is 2.02. The van der Waals surface area contributed by atoms with Gasteiger partial charge in [0, 0.05) is 4.91 Å². The van der Waals surface area contributed by atoms with Gasteiger partial charge in [-0.25, -0.2) is 0 Å². The van der Waals surface area contributed by atoms with Gasteiger partial charge in [-0.2, -0.15) is 0 Å². The molecule has 0 aromatic heterocycles. The van der Waals surface area contributed by atoms with Crippen LogP contribution < -0.4 is 4.74 Å². The number of benzene rings is 1. The zero-order valence-corrected chi connectivity index (χ0v) is 9.56. The third-order valence-electron chi connectivity index (χ3n) is 1.89. The van der Waals surface area contributed by atoms with E-state index in [0.29, 0.717) is 0 Å². The Hall–Kier alpha value is -0.890. The van der Waals surface area contributed by atoms with Gasteiger partial charge in [-0.05, 0) is 29.9 Å². The van der Waals surface area contributed by atoms with Crippen LogP contribution in [0.1, 0.15) is 18.9 Å². The number of thioether (sulfide) groups is 1. The molecule has 0 atom stereocenters.